The van der Waals surface area contributed by atoms with Crippen molar-refractivity contribution < 1.29 is 9.53 Å². The van der Waals surface area contributed by atoms with Crippen LogP contribution >= 0.6 is 0 Å². The van der Waals surface area contributed by atoms with Crippen LogP contribution in [0.5, 0.6) is 0 Å². The van der Waals surface area contributed by atoms with Crippen molar-refractivity contribution in [3.05, 3.63) is 35.9 Å². The number of alkyl carbamates (subject to hydrolysis) is 1. The molecule has 2 fully saturated rings. The third-order valence-electron chi connectivity index (χ3n) is 5.09. The average molecular weight is 316 g/mol. The third kappa shape index (κ3) is 3.69. The van der Waals surface area contributed by atoms with Gasteiger partial charge in [0, 0.05) is 24.5 Å². The number of nitrogens with zero attached hydrogens (tertiary/aromatic N) is 1. The topological polar surface area (TPSA) is 41.6 Å². The Morgan fingerprint density at radius 3 is 2.52 bits per heavy atom. The molecule has 0 bridgehead atoms. The first-order chi connectivity index (χ1) is 10.8. The molecule has 1 aromatic carbocycles. The van der Waals surface area contributed by atoms with Gasteiger partial charge in [0.15, 0.2) is 0 Å². The van der Waals surface area contributed by atoms with E-state index in [0.717, 1.165) is 13.1 Å². The molecule has 1 saturated heterocycles. The van der Waals surface area contributed by atoms with Crippen LogP contribution in [-0.2, 0) is 4.74 Å². The van der Waals surface area contributed by atoms with Crippen LogP contribution in [0.3, 0.4) is 0 Å². The van der Waals surface area contributed by atoms with E-state index >= 15 is 0 Å². The van der Waals surface area contributed by atoms with Gasteiger partial charge in [-0.15, -0.1) is 0 Å². The Morgan fingerprint density at radius 2 is 1.96 bits per heavy atom. The lowest BCUT2D eigenvalue weighted by Crippen LogP contribution is -2.44. The quantitative estimate of drug-likeness (QED) is 0.923. The molecular formula is C19H28N2O2. The highest BCUT2D eigenvalue weighted by atomic mass is 16.6. The van der Waals surface area contributed by atoms with Crippen LogP contribution in [0.25, 0.3) is 0 Å². The van der Waals surface area contributed by atoms with Crippen LogP contribution in [0.1, 0.15) is 52.1 Å². The number of nitrogens with one attached hydrogen (secondary N) is 1. The summed E-state index contributed by atoms with van der Waals surface area (Å²) in [7, 11) is 0. The number of likely N-dealkylation sites (tertiary alicyclic amines) is 1. The van der Waals surface area contributed by atoms with Crippen LogP contribution in [0.2, 0.25) is 0 Å². The molecule has 1 spiro atoms. The second-order valence-corrected chi connectivity index (χ2v) is 8.08. The van der Waals surface area contributed by atoms with Crippen LogP contribution < -0.4 is 5.32 Å². The number of hydrogen-bond donors (Lipinski definition) is 1. The molecule has 126 valence electrons. The second-order valence-electron chi connectivity index (χ2n) is 8.08. The molecule has 4 heteroatoms. The van der Waals surface area contributed by atoms with Crippen LogP contribution in [0.15, 0.2) is 30.3 Å². The number of amides is 1. The number of rotatable bonds is 3. The molecule has 4 nitrogen and oxygen atoms in total. The summed E-state index contributed by atoms with van der Waals surface area (Å²) in [6.07, 6.45) is 2.11. The fourth-order valence-corrected chi connectivity index (χ4v) is 3.56. The summed E-state index contributed by atoms with van der Waals surface area (Å²) >= 11 is 0. The molecule has 3 rings (SSSR count). The molecule has 23 heavy (non-hydrogen) atoms. The summed E-state index contributed by atoms with van der Waals surface area (Å²) in [6, 6.07) is 11.2. The Hall–Kier alpha value is -1.55. The van der Waals surface area contributed by atoms with Crippen molar-refractivity contribution in [3.8, 4) is 0 Å². The standard InChI is InChI=1S/C19H28N2O2/c1-14(15-8-6-5-7-9-15)21-12-16(19(13-21)10-11-19)20-17(22)23-18(2,3)4/h5-9,14,16H,10-13H2,1-4H3,(H,20,22)/t14-,16?/m1/s1. The molecule has 2 atom stereocenters. The van der Waals surface area contributed by atoms with Gasteiger partial charge in [0.1, 0.15) is 5.60 Å². The lowest BCUT2D eigenvalue weighted by atomic mass is 10.0. The lowest BCUT2D eigenvalue weighted by Gasteiger charge is -2.25. The van der Waals surface area contributed by atoms with E-state index in [0.29, 0.717) is 6.04 Å². The predicted molar refractivity (Wildman–Crippen MR) is 91.3 cm³/mol. The first-order valence-corrected chi connectivity index (χ1v) is 8.58. The van der Waals surface area contributed by atoms with Crippen LogP contribution in [0.4, 0.5) is 4.79 Å². The maximum Gasteiger partial charge on any atom is 0.407 e. The predicted octanol–water partition coefficient (Wildman–Crippen LogP) is 3.74. The average Bonchev–Trinajstić information content (AvgIpc) is 3.16. The normalized spacial score (nSPS) is 24.4. The van der Waals surface area contributed by atoms with Crippen molar-refractivity contribution in [1.82, 2.24) is 10.2 Å². The maximum absolute atomic E-state index is 12.1. The minimum atomic E-state index is -0.448. The zero-order valence-electron chi connectivity index (χ0n) is 14.6. The van der Waals surface area contributed by atoms with E-state index < -0.39 is 5.60 Å². The molecular weight excluding hydrogens is 288 g/mol. The molecule has 1 unspecified atom stereocenters. The second kappa shape index (κ2) is 5.82. The number of carbonyl (C=O) groups is 1. The fraction of sp³-hybridized carbons (Fsp3) is 0.632. The Morgan fingerprint density at radius 1 is 1.30 bits per heavy atom. The highest BCUT2D eigenvalue weighted by Gasteiger charge is 2.56. The van der Waals surface area contributed by atoms with Gasteiger partial charge in [-0.1, -0.05) is 30.3 Å². The lowest BCUT2D eigenvalue weighted by molar-refractivity contribution is 0.0491. The van der Waals surface area contributed by atoms with Crippen LogP contribution in [0, 0.1) is 5.41 Å². The van der Waals surface area contributed by atoms with E-state index in [1.54, 1.807) is 0 Å². The summed E-state index contributed by atoms with van der Waals surface area (Å²) in [6.45, 7) is 9.91. The highest BCUT2D eigenvalue weighted by molar-refractivity contribution is 5.68. The van der Waals surface area contributed by atoms with Crippen molar-refractivity contribution in [2.24, 2.45) is 5.41 Å². The zero-order chi connectivity index (χ0) is 16.7. The summed E-state index contributed by atoms with van der Waals surface area (Å²) in [5.74, 6) is 0. The zero-order valence-corrected chi connectivity index (χ0v) is 14.6. The summed E-state index contributed by atoms with van der Waals surface area (Å²) in [5.41, 5.74) is 1.15. The molecule has 1 amide bonds. The Balaban J connectivity index is 1.64. The maximum atomic E-state index is 12.1. The molecule has 2 aliphatic rings. The van der Waals surface area contributed by atoms with Gasteiger partial charge in [-0.3, -0.25) is 4.90 Å². The van der Waals surface area contributed by atoms with Crippen molar-refractivity contribution in [2.75, 3.05) is 13.1 Å². The van der Waals surface area contributed by atoms with Crippen molar-refractivity contribution >= 4 is 6.09 Å². The smallest absolute Gasteiger partial charge is 0.407 e. The van der Waals surface area contributed by atoms with E-state index in [9.17, 15) is 4.79 Å². The molecule has 1 N–H and O–H groups in total. The molecule has 1 aliphatic heterocycles. The van der Waals surface area contributed by atoms with E-state index in [1.165, 1.54) is 18.4 Å². The third-order valence-corrected chi connectivity index (χ3v) is 5.09. The molecule has 1 heterocycles. The number of benzene rings is 1. The van der Waals surface area contributed by atoms with Gasteiger partial charge >= 0.3 is 6.09 Å². The molecule has 0 aromatic heterocycles. The van der Waals surface area contributed by atoms with Crippen molar-refractivity contribution in [1.29, 1.82) is 0 Å². The number of carbonyl (C=O) groups excluding carboxylic acids is 1. The first-order valence-electron chi connectivity index (χ1n) is 8.58. The largest absolute Gasteiger partial charge is 0.444 e. The van der Waals surface area contributed by atoms with E-state index in [4.69, 9.17) is 4.74 Å². The first kappa shape index (κ1) is 16.3. The van der Waals surface area contributed by atoms with E-state index in [1.807, 2.05) is 20.8 Å². The van der Waals surface area contributed by atoms with Gasteiger partial charge in [0.05, 0.1) is 6.04 Å². The SMILES string of the molecule is C[C@H](c1ccccc1)N1CC(NC(=O)OC(C)(C)C)C2(CC2)C1. The van der Waals surface area contributed by atoms with Gasteiger partial charge < -0.3 is 10.1 Å². The van der Waals surface area contributed by atoms with E-state index in [-0.39, 0.29) is 17.6 Å². The Bertz CT molecular complexity index is 560. The van der Waals surface area contributed by atoms with Gasteiger partial charge in [-0.2, -0.15) is 0 Å². The summed E-state index contributed by atoms with van der Waals surface area (Å²) in [4.78, 5) is 14.6. The van der Waals surface area contributed by atoms with Gasteiger partial charge in [0.25, 0.3) is 0 Å². The van der Waals surface area contributed by atoms with Gasteiger partial charge in [-0.25, -0.2) is 4.79 Å². The fourth-order valence-electron chi connectivity index (χ4n) is 3.56. The molecule has 1 aromatic rings. The van der Waals surface area contributed by atoms with Crippen LogP contribution in [-0.4, -0.2) is 35.7 Å². The minimum absolute atomic E-state index is 0.198. The molecule has 1 saturated carbocycles. The van der Waals surface area contributed by atoms with E-state index in [2.05, 4.69) is 47.5 Å². The monoisotopic (exact) mass is 316 g/mol. The molecule has 0 radical (unpaired) electrons. The van der Waals surface area contributed by atoms with Gasteiger partial charge in [0.2, 0.25) is 0 Å². The highest BCUT2D eigenvalue weighted by Crippen LogP contribution is 2.54. The summed E-state index contributed by atoms with van der Waals surface area (Å²) < 4.78 is 5.43. The Labute approximate surface area is 139 Å². The minimum Gasteiger partial charge on any atom is -0.444 e. The Kier molecular flexibility index (Phi) is 4.13. The number of ether oxygens (including phenoxy) is 1. The van der Waals surface area contributed by atoms with Crippen molar-refractivity contribution in [2.45, 2.75) is 58.2 Å². The summed E-state index contributed by atoms with van der Waals surface area (Å²) in [5, 5.41) is 3.12. The van der Waals surface area contributed by atoms with Crippen molar-refractivity contribution in [3.63, 3.8) is 0 Å². The number of hydrogen-bond acceptors (Lipinski definition) is 3. The van der Waals surface area contributed by atoms with Gasteiger partial charge in [-0.05, 0) is 46.1 Å². The molecule has 1 aliphatic carbocycles.